The number of rotatable bonds is 3. The maximum Gasteiger partial charge on any atom is 0.165 e. The maximum atomic E-state index is 9.74. The Morgan fingerprint density at radius 2 is 1.91 bits per heavy atom. The molecule has 0 fully saturated rings. The molecule has 0 aromatic heterocycles. The zero-order valence-electron chi connectivity index (χ0n) is 13.4. The Hall–Kier alpha value is -2.62. The first kappa shape index (κ1) is 15.3. The van der Waals surface area contributed by atoms with E-state index < -0.39 is 0 Å². The highest BCUT2D eigenvalue weighted by molar-refractivity contribution is 5.62. The molecule has 1 heterocycles. The van der Waals surface area contributed by atoms with Gasteiger partial charge in [0.2, 0.25) is 0 Å². The lowest BCUT2D eigenvalue weighted by Gasteiger charge is -2.16. The van der Waals surface area contributed by atoms with E-state index in [0.29, 0.717) is 5.75 Å². The second-order valence-corrected chi connectivity index (χ2v) is 5.72. The van der Waals surface area contributed by atoms with Crippen LogP contribution in [-0.4, -0.2) is 17.3 Å². The molecule has 4 heteroatoms. The monoisotopic (exact) mass is 312 g/mol. The molecule has 0 bridgehead atoms. The molecule has 2 atom stereocenters. The van der Waals surface area contributed by atoms with Gasteiger partial charge in [-0.2, -0.15) is 0 Å². The summed E-state index contributed by atoms with van der Waals surface area (Å²) < 4.78 is 11.6. The number of fused-ring (bicyclic) bond motifs is 1. The molecular formula is C19H20O4. The molecule has 0 radical (unpaired) electrons. The second kappa shape index (κ2) is 5.88. The molecule has 1 aliphatic heterocycles. The van der Waals surface area contributed by atoms with Crippen LogP contribution in [0.25, 0.3) is 6.08 Å². The van der Waals surface area contributed by atoms with Crippen LogP contribution in [0.5, 0.6) is 23.0 Å². The van der Waals surface area contributed by atoms with Crippen molar-refractivity contribution in [1.82, 2.24) is 0 Å². The summed E-state index contributed by atoms with van der Waals surface area (Å²) in [5.74, 6) is 1.27. The van der Waals surface area contributed by atoms with E-state index in [9.17, 15) is 10.2 Å². The van der Waals surface area contributed by atoms with Crippen LogP contribution in [0.15, 0.2) is 36.4 Å². The minimum Gasteiger partial charge on any atom is -0.504 e. The van der Waals surface area contributed by atoms with Crippen LogP contribution in [0.2, 0.25) is 0 Å². The number of hydrogen-bond donors (Lipinski definition) is 2. The van der Waals surface area contributed by atoms with E-state index in [2.05, 4.69) is 13.0 Å². The van der Waals surface area contributed by atoms with Crippen molar-refractivity contribution in [2.75, 3.05) is 7.11 Å². The summed E-state index contributed by atoms with van der Waals surface area (Å²) in [6.45, 7) is 4.06. The summed E-state index contributed by atoms with van der Waals surface area (Å²) in [4.78, 5) is 0. The predicted molar refractivity (Wildman–Crippen MR) is 89.3 cm³/mol. The Balaban J connectivity index is 2.03. The third kappa shape index (κ3) is 2.61. The molecule has 0 spiro atoms. The SMILES string of the molecule is CC=Cc1cc(OC)c2c(c1)C(C)C(c1ccc(O)c(O)c1)O2. The third-order valence-electron chi connectivity index (χ3n) is 4.20. The Morgan fingerprint density at radius 1 is 1.13 bits per heavy atom. The molecule has 4 nitrogen and oxygen atoms in total. The first-order chi connectivity index (χ1) is 11.0. The predicted octanol–water partition coefficient (Wildman–Crippen LogP) is 4.38. The molecule has 23 heavy (non-hydrogen) atoms. The first-order valence-corrected chi connectivity index (χ1v) is 7.58. The molecule has 120 valence electrons. The fourth-order valence-corrected chi connectivity index (χ4v) is 3.02. The van der Waals surface area contributed by atoms with E-state index in [1.807, 2.05) is 25.1 Å². The van der Waals surface area contributed by atoms with Gasteiger partial charge in [0.25, 0.3) is 0 Å². The molecule has 2 N–H and O–H groups in total. The van der Waals surface area contributed by atoms with E-state index in [1.54, 1.807) is 19.2 Å². The van der Waals surface area contributed by atoms with Crippen LogP contribution in [0.3, 0.4) is 0 Å². The fourth-order valence-electron chi connectivity index (χ4n) is 3.02. The topological polar surface area (TPSA) is 58.9 Å². The van der Waals surface area contributed by atoms with Gasteiger partial charge in [-0.15, -0.1) is 0 Å². The summed E-state index contributed by atoms with van der Waals surface area (Å²) in [6, 6.07) is 8.83. The van der Waals surface area contributed by atoms with Crippen molar-refractivity contribution in [2.24, 2.45) is 0 Å². The van der Waals surface area contributed by atoms with E-state index in [1.165, 1.54) is 6.07 Å². The van der Waals surface area contributed by atoms with Crippen LogP contribution < -0.4 is 9.47 Å². The molecule has 0 amide bonds. The summed E-state index contributed by atoms with van der Waals surface area (Å²) in [5, 5.41) is 19.2. The van der Waals surface area contributed by atoms with E-state index in [4.69, 9.17) is 9.47 Å². The van der Waals surface area contributed by atoms with Gasteiger partial charge in [-0.1, -0.05) is 25.1 Å². The number of allylic oxidation sites excluding steroid dienone is 1. The van der Waals surface area contributed by atoms with Gasteiger partial charge >= 0.3 is 0 Å². The Bertz CT molecular complexity index is 764. The average molecular weight is 312 g/mol. The van der Waals surface area contributed by atoms with E-state index in [-0.39, 0.29) is 23.5 Å². The molecule has 0 saturated carbocycles. The second-order valence-electron chi connectivity index (χ2n) is 5.72. The molecule has 2 unspecified atom stereocenters. The lowest BCUT2D eigenvalue weighted by Crippen LogP contribution is -2.07. The third-order valence-corrected chi connectivity index (χ3v) is 4.20. The number of phenols is 2. The quantitative estimate of drug-likeness (QED) is 0.826. The number of benzene rings is 2. The number of aromatic hydroxyl groups is 2. The summed E-state index contributed by atoms with van der Waals surface area (Å²) in [6.07, 6.45) is 3.78. The van der Waals surface area contributed by atoms with Gasteiger partial charge < -0.3 is 19.7 Å². The Morgan fingerprint density at radius 3 is 2.57 bits per heavy atom. The van der Waals surface area contributed by atoms with Gasteiger partial charge in [-0.3, -0.25) is 0 Å². The van der Waals surface area contributed by atoms with Gasteiger partial charge in [0, 0.05) is 11.5 Å². The van der Waals surface area contributed by atoms with Crippen molar-refractivity contribution in [3.63, 3.8) is 0 Å². The highest BCUT2D eigenvalue weighted by atomic mass is 16.5. The Labute approximate surface area is 135 Å². The Kier molecular flexibility index (Phi) is 3.90. The van der Waals surface area contributed by atoms with Crippen molar-refractivity contribution < 1.29 is 19.7 Å². The lowest BCUT2D eigenvalue weighted by molar-refractivity contribution is 0.207. The van der Waals surface area contributed by atoms with Gasteiger partial charge in [0.05, 0.1) is 7.11 Å². The minimum atomic E-state index is -0.230. The van der Waals surface area contributed by atoms with Gasteiger partial charge in [-0.05, 0) is 42.3 Å². The molecule has 0 saturated heterocycles. The largest absolute Gasteiger partial charge is 0.504 e. The van der Waals surface area contributed by atoms with Crippen molar-refractivity contribution in [3.8, 4) is 23.0 Å². The summed E-state index contributed by atoms with van der Waals surface area (Å²) in [5.41, 5.74) is 2.96. The van der Waals surface area contributed by atoms with Crippen LogP contribution >= 0.6 is 0 Å². The zero-order valence-corrected chi connectivity index (χ0v) is 13.4. The molecule has 1 aliphatic rings. The van der Waals surface area contributed by atoms with Crippen LogP contribution in [0.1, 0.15) is 42.6 Å². The number of phenolic OH excluding ortho intramolecular Hbond substituents is 2. The standard InChI is InChI=1S/C19H20O4/c1-4-5-12-8-14-11(2)18(23-19(14)17(9-12)22-3)13-6-7-15(20)16(21)10-13/h4-11,18,20-21H,1-3H3. The highest BCUT2D eigenvalue weighted by Gasteiger charge is 2.35. The number of hydrogen-bond acceptors (Lipinski definition) is 4. The van der Waals surface area contributed by atoms with Crippen LogP contribution in [0, 0.1) is 0 Å². The highest BCUT2D eigenvalue weighted by Crippen LogP contribution is 2.51. The average Bonchev–Trinajstić information content (AvgIpc) is 2.87. The molecule has 0 aliphatic carbocycles. The fraction of sp³-hybridized carbons (Fsp3) is 0.263. The van der Waals surface area contributed by atoms with E-state index >= 15 is 0 Å². The molecule has 2 aromatic rings. The van der Waals surface area contributed by atoms with Crippen LogP contribution in [0.4, 0.5) is 0 Å². The van der Waals surface area contributed by atoms with E-state index in [0.717, 1.165) is 22.4 Å². The maximum absolute atomic E-state index is 9.74. The summed E-state index contributed by atoms with van der Waals surface area (Å²) >= 11 is 0. The van der Waals surface area contributed by atoms with Gasteiger partial charge in [-0.25, -0.2) is 0 Å². The smallest absolute Gasteiger partial charge is 0.165 e. The zero-order chi connectivity index (χ0) is 16.6. The van der Waals surface area contributed by atoms with Gasteiger partial charge in [0.15, 0.2) is 23.0 Å². The lowest BCUT2D eigenvalue weighted by atomic mass is 9.91. The first-order valence-electron chi connectivity index (χ1n) is 7.58. The van der Waals surface area contributed by atoms with Crippen molar-refractivity contribution in [2.45, 2.75) is 25.9 Å². The van der Waals surface area contributed by atoms with Crippen molar-refractivity contribution in [3.05, 3.63) is 53.1 Å². The number of methoxy groups -OCH3 is 1. The molecule has 2 aromatic carbocycles. The number of ether oxygens (including phenoxy) is 2. The van der Waals surface area contributed by atoms with Crippen molar-refractivity contribution in [1.29, 1.82) is 0 Å². The van der Waals surface area contributed by atoms with Crippen LogP contribution in [-0.2, 0) is 0 Å². The minimum absolute atomic E-state index is 0.105. The molecular weight excluding hydrogens is 292 g/mol. The van der Waals surface area contributed by atoms with Crippen molar-refractivity contribution >= 4 is 6.08 Å². The molecule has 3 rings (SSSR count). The summed E-state index contributed by atoms with van der Waals surface area (Å²) in [7, 11) is 1.63. The van der Waals surface area contributed by atoms with Gasteiger partial charge in [0.1, 0.15) is 6.10 Å². The normalized spacial score (nSPS) is 19.6.